The summed E-state index contributed by atoms with van der Waals surface area (Å²) in [4.78, 5) is 0.365. The third-order valence-electron chi connectivity index (χ3n) is 3.62. The van der Waals surface area contributed by atoms with Crippen molar-refractivity contribution >= 4 is 33.4 Å². The van der Waals surface area contributed by atoms with Crippen LogP contribution in [0.2, 0.25) is 0 Å². The van der Waals surface area contributed by atoms with Crippen LogP contribution in [-0.2, 0) is 22.3 Å². The van der Waals surface area contributed by atoms with Gasteiger partial charge in [0, 0.05) is 30.0 Å². The molecule has 6 heteroatoms. The lowest BCUT2D eigenvalue weighted by molar-refractivity contribution is 0.367. The number of alkyl halides is 1. The van der Waals surface area contributed by atoms with Gasteiger partial charge < -0.3 is 0 Å². The Bertz CT molecular complexity index is 575. The highest BCUT2D eigenvalue weighted by Crippen LogP contribution is 2.26. The number of rotatable bonds is 4. The number of hydrogen-bond acceptors (Lipinski definition) is 3. The molecular formula is C14H20ClNO2S2. The Morgan fingerprint density at radius 1 is 1.40 bits per heavy atom. The topological polar surface area (TPSA) is 37.4 Å². The van der Waals surface area contributed by atoms with Crippen molar-refractivity contribution in [3.8, 4) is 0 Å². The van der Waals surface area contributed by atoms with Crippen molar-refractivity contribution in [3.63, 3.8) is 0 Å². The van der Waals surface area contributed by atoms with Crippen molar-refractivity contribution in [2.75, 3.05) is 18.1 Å². The van der Waals surface area contributed by atoms with E-state index in [-0.39, 0.29) is 6.04 Å². The number of benzene rings is 1. The van der Waals surface area contributed by atoms with Crippen molar-refractivity contribution in [1.29, 1.82) is 0 Å². The third kappa shape index (κ3) is 3.16. The van der Waals surface area contributed by atoms with E-state index in [1.165, 1.54) is 0 Å². The van der Waals surface area contributed by atoms with E-state index >= 15 is 0 Å². The fraction of sp³-hybridized carbons (Fsp3) is 0.571. The normalized spacial score (nSPS) is 21.1. The van der Waals surface area contributed by atoms with Gasteiger partial charge in [-0.1, -0.05) is 13.0 Å². The summed E-state index contributed by atoms with van der Waals surface area (Å²) in [6.45, 7) is 4.59. The van der Waals surface area contributed by atoms with Crippen LogP contribution in [0.1, 0.15) is 25.0 Å². The quantitative estimate of drug-likeness (QED) is 0.794. The Balaban J connectivity index is 2.38. The first-order valence-corrected chi connectivity index (χ1v) is 9.91. The van der Waals surface area contributed by atoms with Crippen LogP contribution in [0.15, 0.2) is 23.1 Å². The van der Waals surface area contributed by atoms with E-state index in [1.807, 2.05) is 19.9 Å². The summed E-state index contributed by atoms with van der Waals surface area (Å²) in [6, 6.07) is 5.37. The molecule has 1 fully saturated rings. The molecule has 1 aromatic carbocycles. The van der Waals surface area contributed by atoms with Crippen molar-refractivity contribution in [2.24, 2.45) is 0 Å². The van der Waals surface area contributed by atoms with Crippen LogP contribution in [-0.4, -0.2) is 36.8 Å². The molecule has 1 heterocycles. The number of nitrogens with zero attached hydrogens (tertiary/aromatic N) is 1. The molecular weight excluding hydrogens is 314 g/mol. The van der Waals surface area contributed by atoms with Crippen LogP contribution in [0.25, 0.3) is 0 Å². The summed E-state index contributed by atoms with van der Waals surface area (Å²) >= 11 is 7.74. The molecule has 1 aliphatic heterocycles. The highest BCUT2D eigenvalue weighted by atomic mass is 35.5. The van der Waals surface area contributed by atoms with Gasteiger partial charge in [-0.3, -0.25) is 0 Å². The second-order valence-electron chi connectivity index (χ2n) is 4.96. The number of halogens is 1. The Kier molecular flexibility index (Phi) is 5.40. The van der Waals surface area contributed by atoms with E-state index < -0.39 is 10.0 Å². The fourth-order valence-corrected chi connectivity index (χ4v) is 5.59. The molecule has 1 unspecified atom stereocenters. The van der Waals surface area contributed by atoms with Crippen LogP contribution in [0.4, 0.5) is 0 Å². The van der Waals surface area contributed by atoms with Crippen molar-refractivity contribution < 1.29 is 8.42 Å². The van der Waals surface area contributed by atoms with Crippen LogP contribution in [0.3, 0.4) is 0 Å². The summed E-state index contributed by atoms with van der Waals surface area (Å²) in [5.41, 5.74) is 2.02. The van der Waals surface area contributed by atoms with Crippen molar-refractivity contribution in [3.05, 3.63) is 29.3 Å². The molecule has 0 aromatic heterocycles. The molecule has 0 radical (unpaired) electrons. The minimum absolute atomic E-state index is 0.0454. The number of hydrogen-bond donors (Lipinski definition) is 0. The predicted octanol–water partition coefficient (Wildman–Crippen LogP) is 3.11. The highest BCUT2D eigenvalue weighted by molar-refractivity contribution is 7.99. The third-order valence-corrected chi connectivity index (χ3v) is 7.10. The molecule has 0 amide bonds. The van der Waals surface area contributed by atoms with Crippen molar-refractivity contribution in [1.82, 2.24) is 4.31 Å². The van der Waals surface area contributed by atoms with Gasteiger partial charge in [0.05, 0.1) is 4.90 Å². The van der Waals surface area contributed by atoms with Crippen LogP contribution >= 0.6 is 23.4 Å². The molecule has 3 nitrogen and oxygen atoms in total. The minimum Gasteiger partial charge on any atom is -0.207 e. The van der Waals surface area contributed by atoms with E-state index in [1.54, 1.807) is 28.2 Å². The molecule has 0 spiro atoms. The lowest BCUT2D eigenvalue weighted by Crippen LogP contribution is -2.44. The Morgan fingerprint density at radius 2 is 2.15 bits per heavy atom. The minimum atomic E-state index is -3.41. The molecule has 0 bridgehead atoms. The maximum absolute atomic E-state index is 12.7. The van der Waals surface area contributed by atoms with Crippen LogP contribution < -0.4 is 0 Å². The van der Waals surface area contributed by atoms with Gasteiger partial charge in [-0.25, -0.2) is 8.42 Å². The van der Waals surface area contributed by atoms with Gasteiger partial charge in [0.15, 0.2) is 0 Å². The lowest BCUT2D eigenvalue weighted by Gasteiger charge is -2.32. The molecule has 0 N–H and O–H groups in total. The first kappa shape index (κ1) is 16.1. The zero-order valence-electron chi connectivity index (χ0n) is 11.8. The summed E-state index contributed by atoms with van der Waals surface area (Å²) in [5, 5.41) is 0. The standard InChI is InChI=1S/C14H20ClNO2S2/c1-3-12-4-5-14(8-13(12)9-15)20(17,18)16-6-7-19-10-11(16)2/h4-5,8,11H,3,6-7,9-10H2,1-2H3. The van der Waals surface area contributed by atoms with E-state index in [0.717, 1.165) is 29.1 Å². The van der Waals surface area contributed by atoms with Gasteiger partial charge in [0.25, 0.3) is 0 Å². The van der Waals surface area contributed by atoms with E-state index in [2.05, 4.69) is 0 Å². The van der Waals surface area contributed by atoms with Gasteiger partial charge in [0.1, 0.15) is 0 Å². The number of aryl methyl sites for hydroxylation is 1. The predicted molar refractivity (Wildman–Crippen MR) is 86.1 cm³/mol. The monoisotopic (exact) mass is 333 g/mol. The Hall–Kier alpha value is -0.230. The van der Waals surface area contributed by atoms with Gasteiger partial charge in [-0.2, -0.15) is 16.1 Å². The summed E-state index contributed by atoms with van der Waals surface area (Å²) in [6.07, 6.45) is 0.860. The lowest BCUT2D eigenvalue weighted by atomic mass is 10.1. The summed E-state index contributed by atoms with van der Waals surface area (Å²) in [7, 11) is -3.41. The first-order valence-electron chi connectivity index (χ1n) is 6.78. The zero-order valence-corrected chi connectivity index (χ0v) is 14.2. The number of thioether (sulfide) groups is 1. The average molecular weight is 334 g/mol. The Morgan fingerprint density at radius 3 is 2.75 bits per heavy atom. The fourth-order valence-electron chi connectivity index (χ4n) is 2.44. The van der Waals surface area contributed by atoms with Gasteiger partial charge in [-0.05, 0) is 36.6 Å². The first-order chi connectivity index (χ1) is 9.50. The zero-order chi connectivity index (χ0) is 14.8. The van der Waals surface area contributed by atoms with Crippen LogP contribution in [0.5, 0.6) is 0 Å². The summed E-state index contributed by atoms with van der Waals surface area (Å²) in [5.74, 6) is 2.06. The second-order valence-corrected chi connectivity index (χ2v) is 8.27. The van der Waals surface area contributed by atoms with Crippen molar-refractivity contribution in [2.45, 2.75) is 37.1 Å². The molecule has 1 atom stereocenters. The maximum Gasteiger partial charge on any atom is 0.243 e. The average Bonchev–Trinajstić information content (AvgIpc) is 2.46. The number of sulfonamides is 1. The van der Waals surface area contributed by atoms with Gasteiger partial charge in [-0.15, -0.1) is 11.6 Å². The molecule has 112 valence electrons. The van der Waals surface area contributed by atoms with E-state index in [4.69, 9.17) is 11.6 Å². The maximum atomic E-state index is 12.7. The van der Waals surface area contributed by atoms with Gasteiger partial charge in [0.2, 0.25) is 10.0 Å². The molecule has 0 aliphatic carbocycles. The second kappa shape index (κ2) is 6.69. The van der Waals surface area contributed by atoms with Gasteiger partial charge >= 0.3 is 0 Å². The molecule has 1 aromatic rings. The molecule has 1 aliphatic rings. The SMILES string of the molecule is CCc1ccc(S(=O)(=O)N2CCSCC2C)cc1CCl. The smallest absolute Gasteiger partial charge is 0.207 e. The summed E-state index contributed by atoms with van der Waals surface area (Å²) < 4.78 is 27.1. The highest BCUT2D eigenvalue weighted by Gasteiger charge is 2.31. The molecule has 2 rings (SSSR count). The van der Waals surface area contributed by atoms with Crippen LogP contribution in [0, 0.1) is 0 Å². The largest absolute Gasteiger partial charge is 0.243 e. The Labute approximate surface area is 130 Å². The van der Waals surface area contributed by atoms with E-state index in [0.29, 0.717) is 17.3 Å². The molecule has 20 heavy (non-hydrogen) atoms. The molecule has 0 saturated carbocycles. The molecule has 1 saturated heterocycles. The van der Waals surface area contributed by atoms with E-state index in [9.17, 15) is 8.42 Å².